The van der Waals surface area contributed by atoms with E-state index in [1.807, 2.05) is 13.8 Å². The van der Waals surface area contributed by atoms with Crippen molar-refractivity contribution < 1.29 is 8.42 Å². The fourth-order valence-electron chi connectivity index (χ4n) is 3.12. The molecule has 1 fully saturated rings. The molecule has 19 heavy (non-hydrogen) atoms. The van der Waals surface area contributed by atoms with Crippen molar-refractivity contribution in [2.24, 2.45) is 11.7 Å². The Morgan fingerprint density at radius 1 is 1.16 bits per heavy atom. The van der Waals surface area contributed by atoms with Crippen LogP contribution in [0.3, 0.4) is 0 Å². The van der Waals surface area contributed by atoms with Gasteiger partial charge in [0.15, 0.2) is 0 Å². The first-order valence-electron chi connectivity index (χ1n) is 7.74. The fraction of sp³-hybridized carbons (Fsp3) is 1.00. The van der Waals surface area contributed by atoms with Gasteiger partial charge < -0.3 is 5.73 Å². The first-order chi connectivity index (χ1) is 9.05. The lowest BCUT2D eigenvalue weighted by molar-refractivity contribution is 0.301. The number of rotatable bonds is 8. The molecule has 0 heterocycles. The molecule has 1 saturated carbocycles. The standard InChI is InChI=1S/C14H30N2O2S/c1-3-14(4-2)16(11-10-15)19(17,18)12-13-8-6-5-7-9-13/h13-14H,3-12,15H2,1-2H3. The molecule has 1 rings (SSSR count). The van der Waals surface area contributed by atoms with Crippen molar-refractivity contribution in [1.82, 2.24) is 4.31 Å². The van der Waals surface area contributed by atoms with E-state index in [0.717, 1.165) is 25.7 Å². The first kappa shape index (κ1) is 16.9. The topological polar surface area (TPSA) is 63.4 Å². The molecule has 2 N–H and O–H groups in total. The molecule has 0 radical (unpaired) electrons. The highest BCUT2D eigenvalue weighted by Gasteiger charge is 2.30. The van der Waals surface area contributed by atoms with Crippen LogP contribution in [-0.4, -0.2) is 37.6 Å². The SMILES string of the molecule is CCC(CC)N(CCN)S(=O)(=O)CC1CCCCC1. The third-order valence-electron chi connectivity index (χ3n) is 4.23. The molecule has 0 aromatic heterocycles. The summed E-state index contributed by atoms with van der Waals surface area (Å²) in [5, 5.41) is 0. The molecule has 0 spiro atoms. The lowest BCUT2D eigenvalue weighted by atomic mass is 9.91. The van der Waals surface area contributed by atoms with Crippen LogP contribution >= 0.6 is 0 Å². The van der Waals surface area contributed by atoms with E-state index >= 15 is 0 Å². The van der Waals surface area contributed by atoms with Gasteiger partial charge in [-0.3, -0.25) is 0 Å². The molecular formula is C14H30N2O2S. The lowest BCUT2D eigenvalue weighted by Crippen LogP contribution is -2.45. The largest absolute Gasteiger partial charge is 0.329 e. The molecule has 0 amide bonds. The van der Waals surface area contributed by atoms with Gasteiger partial charge >= 0.3 is 0 Å². The zero-order valence-electron chi connectivity index (χ0n) is 12.5. The Labute approximate surface area is 118 Å². The van der Waals surface area contributed by atoms with Crippen LogP contribution in [0.15, 0.2) is 0 Å². The predicted molar refractivity (Wildman–Crippen MR) is 80.5 cm³/mol. The average molecular weight is 290 g/mol. The Bertz CT molecular complexity index is 333. The number of hydrogen-bond acceptors (Lipinski definition) is 3. The molecule has 0 aromatic rings. The molecule has 1 aliphatic carbocycles. The number of nitrogens with two attached hydrogens (primary N) is 1. The summed E-state index contributed by atoms with van der Waals surface area (Å²) in [5.41, 5.74) is 5.60. The summed E-state index contributed by atoms with van der Waals surface area (Å²) < 4.78 is 26.9. The van der Waals surface area contributed by atoms with Crippen molar-refractivity contribution in [3.05, 3.63) is 0 Å². The molecule has 0 aromatic carbocycles. The van der Waals surface area contributed by atoms with Gasteiger partial charge in [0.25, 0.3) is 0 Å². The Morgan fingerprint density at radius 3 is 2.21 bits per heavy atom. The van der Waals surface area contributed by atoms with Gasteiger partial charge in [-0.15, -0.1) is 0 Å². The fourth-order valence-corrected chi connectivity index (χ4v) is 5.38. The maximum Gasteiger partial charge on any atom is 0.214 e. The highest BCUT2D eigenvalue weighted by molar-refractivity contribution is 7.89. The normalized spacial score (nSPS) is 18.4. The van der Waals surface area contributed by atoms with Gasteiger partial charge in [-0.05, 0) is 31.6 Å². The molecule has 0 saturated heterocycles. The number of sulfonamides is 1. The van der Waals surface area contributed by atoms with E-state index in [0.29, 0.717) is 24.8 Å². The summed E-state index contributed by atoms with van der Waals surface area (Å²) in [6, 6.07) is 0.108. The van der Waals surface area contributed by atoms with Crippen molar-refractivity contribution in [1.29, 1.82) is 0 Å². The highest BCUT2D eigenvalue weighted by Crippen LogP contribution is 2.26. The monoisotopic (exact) mass is 290 g/mol. The zero-order valence-corrected chi connectivity index (χ0v) is 13.3. The van der Waals surface area contributed by atoms with E-state index in [1.165, 1.54) is 19.3 Å². The summed E-state index contributed by atoms with van der Waals surface area (Å²) >= 11 is 0. The molecule has 4 nitrogen and oxygen atoms in total. The van der Waals surface area contributed by atoms with Crippen molar-refractivity contribution in [2.45, 2.75) is 64.8 Å². The summed E-state index contributed by atoms with van der Waals surface area (Å²) in [4.78, 5) is 0. The van der Waals surface area contributed by atoms with Crippen LogP contribution in [0.5, 0.6) is 0 Å². The summed E-state index contributed by atoms with van der Waals surface area (Å²) in [5.74, 6) is 0.678. The molecule has 1 aliphatic rings. The van der Waals surface area contributed by atoms with E-state index < -0.39 is 10.0 Å². The van der Waals surface area contributed by atoms with Crippen molar-refractivity contribution in [3.63, 3.8) is 0 Å². The van der Waals surface area contributed by atoms with Crippen LogP contribution in [0.4, 0.5) is 0 Å². The van der Waals surface area contributed by atoms with Gasteiger partial charge in [-0.2, -0.15) is 4.31 Å². The summed E-state index contributed by atoms with van der Waals surface area (Å²) in [6.45, 7) is 4.96. The van der Waals surface area contributed by atoms with Crippen LogP contribution in [0.2, 0.25) is 0 Å². The average Bonchev–Trinajstić information content (AvgIpc) is 2.39. The van der Waals surface area contributed by atoms with Gasteiger partial charge in [0.1, 0.15) is 0 Å². The Balaban J connectivity index is 2.73. The third-order valence-corrected chi connectivity index (χ3v) is 6.32. The van der Waals surface area contributed by atoms with Crippen molar-refractivity contribution >= 4 is 10.0 Å². The van der Waals surface area contributed by atoms with Crippen LogP contribution in [0, 0.1) is 5.92 Å². The van der Waals surface area contributed by atoms with E-state index in [-0.39, 0.29) is 6.04 Å². The molecular weight excluding hydrogens is 260 g/mol. The minimum absolute atomic E-state index is 0.108. The van der Waals surface area contributed by atoms with Crippen LogP contribution in [0.25, 0.3) is 0 Å². The summed E-state index contributed by atoms with van der Waals surface area (Å²) in [6.07, 6.45) is 7.48. The van der Waals surface area contributed by atoms with E-state index in [1.54, 1.807) is 4.31 Å². The van der Waals surface area contributed by atoms with Crippen molar-refractivity contribution in [3.8, 4) is 0 Å². The van der Waals surface area contributed by atoms with E-state index in [2.05, 4.69) is 0 Å². The first-order valence-corrected chi connectivity index (χ1v) is 9.35. The smallest absolute Gasteiger partial charge is 0.214 e. The minimum Gasteiger partial charge on any atom is -0.329 e. The van der Waals surface area contributed by atoms with Crippen LogP contribution in [-0.2, 0) is 10.0 Å². The second-order valence-electron chi connectivity index (χ2n) is 5.65. The van der Waals surface area contributed by atoms with Gasteiger partial charge in [-0.1, -0.05) is 33.1 Å². The van der Waals surface area contributed by atoms with Gasteiger partial charge in [0.2, 0.25) is 10.0 Å². The Kier molecular flexibility index (Phi) is 7.32. The Morgan fingerprint density at radius 2 is 1.74 bits per heavy atom. The molecule has 5 heteroatoms. The van der Waals surface area contributed by atoms with Gasteiger partial charge in [0, 0.05) is 19.1 Å². The molecule has 0 unspecified atom stereocenters. The second kappa shape index (κ2) is 8.22. The highest BCUT2D eigenvalue weighted by atomic mass is 32.2. The van der Waals surface area contributed by atoms with Crippen LogP contribution < -0.4 is 5.73 Å². The molecule has 0 atom stereocenters. The number of hydrogen-bond donors (Lipinski definition) is 1. The van der Waals surface area contributed by atoms with Crippen molar-refractivity contribution in [2.75, 3.05) is 18.8 Å². The molecule has 0 bridgehead atoms. The van der Waals surface area contributed by atoms with Gasteiger partial charge in [0.05, 0.1) is 5.75 Å². The Hall–Kier alpha value is -0.130. The number of nitrogens with zero attached hydrogens (tertiary/aromatic N) is 1. The molecule has 0 aliphatic heterocycles. The maximum absolute atomic E-state index is 12.6. The van der Waals surface area contributed by atoms with E-state index in [4.69, 9.17) is 5.73 Å². The van der Waals surface area contributed by atoms with Gasteiger partial charge in [-0.25, -0.2) is 8.42 Å². The zero-order chi connectivity index (χ0) is 14.3. The lowest BCUT2D eigenvalue weighted by Gasteiger charge is -2.31. The summed E-state index contributed by atoms with van der Waals surface area (Å²) in [7, 11) is -3.15. The quantitative estimate of drug-likeness (QED) is 0.746. The van der Waals surface area contributed by atoms with Crippen LogP contribution in [0.1, 0.15) is 58.8 Å². The minimum atomic E-state index is -3.15. The van der Waals surface area contributed by atoms with E-state index in [9.17, 15) is 8.42 Å². The predicted octanol–water partition coefficient (Wildman–Crippen LogP) is 2.35. The maximum atomic E-state index is 12.6. The molecule has 114 valence electrons. The second-order valence-corrected chi connectivity index (χ2v) is 7.62. The third kappa shape index (κ3) is 5.04.